The number of aliphatic hydroxyl groups is 1. The second-order valence-electron chi connectivity index (χ2n) is 4.76. The van der Waals surface area contributed by atoms with Crippen LogP contribution in [0, 0.1) is 0 Å². The van der Waals surface area contributed by atoms with Crippen LogP contribution in [-0.4, -0.2) is 42.3 Å². The minimum absolute atomic E-state index is 0.0859. The third-order valence-corrected chi connectivity index (χ3v) is 3.63. The smallest absolute Gasteiger partial charge is 0.318 e. The predicted molar refractivity (Wildman–Crippen MR) is 81.7 cm³/mol. The van der Waals surface area contributed by atoms with Gasteiger partial charge in [-0.15, -0.1) is 6.58 Å². The molecule has 114 valence electrons. The molecule has 0 aliphatic carbocycles. The molecule has 0 bridgehead atoms. The van der Waals surface area contributed by atoms with Gasteiger partial charge in [0.1, 0.15) is 5.75 Å². The van der Waals surface area contributed by atoms with Gasteiger partial charge >= 0.3 is 6.03 Å². The molecule has 1 aromatic rings. The van der Waals surface area contributed by atoms with E-state index < -0.39 is 0 Å². The van der Waals surface area contributed by atoms with Crippen molar-refractivity contribution in [1.29, 1.82) is 0 Å². The average molecular weight is 311 g/mol. The maximum atomic E-state index is 12.3. The second kappa shape index (κ2) is 7.33. The SMILES string of the molecule is C=CCN(CCO)C(=O)NC1CCOc2c(Cl)cccc21. The molecule has 0 spiro atoms. The third-order valence-electron chi connectivity index (χ3n) is 3.33. The Balaban J connectivity index is 2.12. The summed E-state index contributed by atoms with van der Waals surface area (Å²) in [5, 5.41) is 12.5. The molecule has 0 fully saturated rings. The molecular weight excluding hydrogens is 292 g/mol. The number of urea groups is 1. The van der Waals surface area contributed by atoms with Gasteiger partial charge in [0.15, 0.2) is 0 Å². The van der Waals surface area contributed by atoms with Crippen molar-refractivity contribution < 1.29 is 14.6 Å². The van der Waals surface area contributed by atoms with Crippen LogP contribution >= 0.6 is 11.6 Å². The molecule has 5 nitrogen and oxygen atoms in total. The van der Waals surface area contributed by atoms with Crippen molar-refractivity contribution >= 4 is 17.6 Å². The third kappa shape index (κ3) is 3.68. The number of halogens is 1. The number of fused-ring (bicyclic) bond motifs is 1. The highest BCUT2D eigenvalue weighted by Crippen LogP contribution is 2.37. The van der Waals surface area contributed by atoms with Gasteiger partial charge in [0.25, 0.3) is 0 Å². The normalized spacial score (nSPS) is 16.6. The van der Waals surface area contributed by atoms with E-state index in [0.717, 1.165) is 5.56 Å². The fourth-order valence-corrected chi connectivity index (χ4v) is 2.57. The quantitative estimate of drug-likeness (QED) is 0.821. The first-order valence-electron chi connectivity index (χ1n) is 6.85. The minimum atomic E-state index is -0.234. The van der Waals surface area contributed by atoms with Crippen LogP contribution in [0.25, 0.3) is 0 Å². The molecular formula is C15H19ClN2O3. The van der Waals surface area contributed by atoms with Crippen LogP contribution in [0.4, 0.5) is 4.79 Å². The summed E-state index contributed by atoms with van der Waals surface area (Å²) in [5.41, 5.74) is 0.879. The van der Waals surface area contributed by atoms with Gasteiger partial charge in [-0.25, -0.2) is 4.79 Å². The van der Waals surface area contributed by atoms with Crippen LogP contribution in [0.3, 0.4) is 0 Å². The van der Waals surface area contributed by atoms with Gasteiger partial charge in [0.2, 0.25) is 0 Å². The van der Waals surface area contributed by atoms with Gasteiger partial charge in [-0.05, 0) is 6.07 Å². The first-order valence-corrected chi connectivity index (χ1v) is 7.23. The summed E-state index contributed by atoms with van der Waals surface area (Å²) in [6.45, 7) is 4.69. The summed E-state index contributed by atoms with van der Waals surface area (Å²) in [5.74, 6) is 0.633. The highest BCUT2D eigenvalue weighted by atomic mass is 35.5. The molecule has 1 atom stereocenters. The molecule has 1 aromatic carbocycles. The number of carbonyl (C=O) groups is 1. The molecule has 2 rings (SSSR count). The Kier molecular flexibility index (Phi) is 5.47. The van der Waals surface area contributed by atoms with Gasteiger partial charge in [0, 0.05) is 25.1 Å². The number of carbonyl (C=O) groups excluding carboxylic acids is 1. The Morgan fingerprint density at radius 1 is 1.62 bits per heavy atom. The van der Waals surface area contributed by atoms with E-state index >= 15 is 0 Å². The number of ether oxygens (including phenoxy) is 1. The van der Waals surface area contributed by atoms with Crippen molar-refractivity contribution in [2.45, 2.75) is 12.5 Å². The number of nitrogens with one attached hydrogen (secondary N) is 1. The molecule has 1 unspecified atom stereocenters. The van der Waals surface area contributed by atoms with Crippen LogP contribution in [0.15, 0.2) is 30.9 Å². The molecule has 1 aliphatic heterocycles. The van der Waals surface area contributed by atoms with Crippen LogP contribution in [0.5, 0.6) is 5.75 Å². The zero-order valence-electron chi connectivity index (χ0n) is 11.7. The fraction of sp³-hybridized carbons (Fsp3) is 0.400. The van der Waals surface area contributed by atoms with Crippen molar-refractivity contribution in [3.05, 3.63) is 41.4 Å². The molecule has 1 heterocycles. The molecule has 2 amide bonds. The lowest BCUT2D eigenvalue weighted by atomic mass is 10.0. The van der Waals surface area contributed by atoms with E-state index in [4.69, 9.17) is 21.4 Å². The van der Waals surface area contributed by atoms with Crippen molar-refractivity contribution in [2.24, 2.45) is 0 Å². The van der Waals surface area contributed by atoms with Crippen LogP contribution in [0.2, 0.25) is 5.02 Å². The Morgan fingerprint density at radius 3 is 3.14 bits per heavy atom. The standard InChI is InChI=1S/C15H19ClN2O3/c1-2-7-18(8-9-19)15(20)17-13-6-10-21-14-11(13)4-3-5-12(14)16/h2-5,13,19H,1,6-10H2,(H,17,20). The second-order valence-corrected chi connectivity index (χ2v) is 5.16. The summed E-state index contributed by atoms with van der Waals surface area (Å²) in [6, 6.07) is 5.12. The van der Waals surface area contributed by atoms with Crippen molar-refractivity contribution in [2.75, 3.05) is 26.3 Å². The average Bonchev–Trinajstić information content (AvgIpc) is 2.48. The lowest BCUT2D eigenvalue weighted by molar-refractivity contribution is 0.175. The van der Waals surface area contributed by atoms with Crippen molar-refractivity contribution in [3.63, 3.8) is 0 Å². The Bertz CT molecular complexity index is 522. The van der Waals surface area contributed by atoms with Gasteiger partial charge in [-0.1, -0.05) is 29.8 Å². The van der Waals surface area contributed by atoms with Crippen LogP contribution in [-0.2, 0) is 0 Å². The zero-order valence-corrected chi connectivity index (χ0v) is 12.5. The lowest BCUT2D eigenvalue weighted by Gasteiger charge is -2.30. The Morgan fingerprint density at radius 2 is 2.43 bits per heavy atom. The van der Waals surface area contributed by atoms with Crippen LogP contribution < -0.4 is 10.1 Å². The van der Waals surface area contributed by atoms with Gasteiger partial charge < -0.3 is 20.1 Å². The van der Waals surface area contributed by atoms with E-state index in [1.54, 1.807) is 12.1 Å². The Hall–Kier alpha value is -1.72. The van der Waals surface area contributed by atoms with E-state index in [2.05, 4.69) is 11.9 Å². The highest BCUT2D eigenvalue weighted by Gasteiger charge is 2.26. The number of amides is 2. The van der Waals surface area contributed by atoms with Crippen molar-refractivity contribution in [3.8, 4) is 5.75 Å². The molecule has 0 radical (unpaired) electrons. The summed E-state index contributed by atoms with van der Waals surface area (Å²) in [7, 11) is 0. The molecule has 1 aliphatic rings. The number of rotatable bonds is 5. The van der Waals surface area contributed by atoms with Gasteiger partial charge in [-0.2, -0.15) is 0 Å². The molecule has 0 saturated carbocycles. The minimum Gasteiger partial charge on any atom is -0.492 e. The zero-order chi connectivity index (χ0) is 15.2. The number of aliphatic hydroxyl groups excluding tert-OH is 1. The number of benzene rings is 1. The lowest BCUT2D eigenvalue weighted by Crippen LogP contribution is -2.44. The first-order chi connectivity index (χ1) is 10.2. The monoisotopic (exact) mass is 310 g/mol. The molecule has 21 heavy (non-hydrogen) atoms. The summed E-state index contributed by atoms with van der Waals surface area (Å²) in [6.07, 6.45) is 2.31. The maximum absolute atomic E-state index is 12.3. The Labute approximate surface area is 129 Å². The molecule has 6 heteroatoms. The number of hydrogen-bond acceptors (Lipinski definition) is 3. The maximum Gasteiger partial charge on any atom is 0.318 e. The van der Waals surface area contributed by atoms with Crippen LogP contribution in [0.1, 0.15) is 18.0 Å². The van der Waals surface area contributed by atoms with Crippen molar-refractivity contribution in [1.82, 2.24) is 10.2 Å². The first kappa shape index (κ1) is 15.7. The summed E-state index contributed by atoms with van der Waals surface area (Å²) < 4.78 is 5.57. The topological polar surface area (TPSA) is 61.8 Å². The molecule has 0 saturated heterocycles. The summed E-state index contributed by atoms with van der Waals surface area (Å²) in [4.78, 5) is 13.8. The van der Waals surface area contributed by atoms with Gasteiger partial charge in [-0.3, -0.25) is 0 Å². The van der Waals surface area contributed by atoms with E-state index in [-0.39, 0.29) is 25.2 Å². The number of hydrogen-bond donors (Lipinski definition) is 2. The van der Waals surface area contributed by atoms with E-state index in [1.165, 1.54) is 4.90 Å². The number of nitrogens with zero attached hydrogens (tertiary/aromatic N) is 1. The van der Waals surface area contributed by atoms with E-state index in [0.29, 0.717) is 30.3 Å². The highest BCUT2D eigenvalue weighted by molar-refractivity contribution is 6.32. The largest absolute Gasteiger partial charge is 0.492 e. The number of para-hydroxylation sites is 1. The molecule has 2 N–H and O–H groups in total. The van der Waals surface area contributed by atoms with Gasteiger partial charge in [0.05, 0.1) is 24.3 Å². The fourth-order valence-electron chi connectivity index (χ4n) is 2.33. The predicted octanol–water partition coefficient (Wildman–Crippen LogP) is 2.35. The van der Waals surface area contributed by atoms with E-state index in [9.17, 15) is 4.79 Å². The summed E-state index contributed by atoms with van der Waals surface area (Å²) >= 11 is 6.11. The molecule has 0 aromatic heterocycles. The van der Waals surface area contributed by atoms with E-state index in [1.807, 2.05) is 12.1 Å².